The summed E-state index contributed by atoms with van der Waals surface area (Å²) in [4.78, 5) is 12.7. The minimum Gasteiger partial charge on any atom is -0.351 e. The fourth-order valence-electron chi connectivity index (χ4n) is 2.66. The van der Waals surface area contributed by atoms with Gasteiger partial charge >= 0.3 is 6.03 Å². The Hall–Kier alpha value is -0.730. The van der Waals surface area contributed by atoms with Crippen molar-refractivity contribution in [2.45, 2.75) is 32.1 Å². The highest BCUT2D eigenvalue weighted by Gasteiger charge is 2.41. The van der Waals surface area contributed by atoms with Crippen LogP contribution in [0.25, 0.3) is 0 Å². The zero-order chi connectivity index (χ0) is 8.60. The monoisotopic (exact) mass is 168 g/mol. The lowest BCUT2D eigenvalue weighted by Gasteiger charge is -2.22. The molecule has 0 unspecified atom stereocenters. The van der Waals surface area contributed by atoms with E-state index in [1.165, 1.54) is 32.1 Å². The molecule has 3 nitrogen and oxygen atoms in total. The third-order valence-electron chi connectivity index (χ3n) is 3.41. The van der Waals surface area contributed by atoms with Crippen LogP contribution in [0.2, 0.25) is 0 Å². The summed E-state index contributed by atoms with van der Waals surface area (Å²) < 4.78 is 0. The van der Waals surface area contributed by atoms with Gasteiger partial charge in [0.25, 0.3) is 0 Å². The number of nitrogens with zero attached hydrogens (tertiary/aromatic N) is 1. The van der Waals surface area contributed by atoms with Crippen LogP contribution in [-0.2, 0) is 0 Å². The van der Waals surface area contributed by atoms with Crippen LogP contribution in [-0.4, -0.2) is 24.0 Å². The normalized spacial score (nSPS) is 26.8. The van der Waals surface area contributed by atoms with E-state index in [9.17, 15) is 4.79 Å². The molecule has 1 spiro atoms. The zero-order valence-corrected chi connectivity index (χ0v) is 7.38. The Morgan fingerprint density at radius 3 is 2.42 bits per heavy atom. The molecule has 0 radical (unpaired) electrons. The van der Waals surface area contributed by atoms with Gasteiger partial charge in [-0.1, -0.05) is 12.8 Å². The van der Waals surface area contributed by atoms with E-state index in [0.717, 1.165) is 13.1 Å². The quantitative estimate of drug-likeness (QED) is 0.582. The Labute approximate surface area is 72.9 Å². The maximum absolute atomic E-state index is 10.9. The van der Waals surface area contributed by atoms with Gasteiger partial charge in [-0.2, -0.15) is 0 Å². The Bertz CT molecular complexity index is 197. The number of likely N-dealkylation sites (tertiary alicyclic amines) is 1. The van der Waals surface area contributed by atoms with E-state index >= 15 is 0 Å². The molecule has 1 saturated heterocycles. The molecule has 0 aromatic carbocycles. The van der Waals surface area contributed by atoms with Gasteiger partial charge in [0, 0.05) is 13.1 Å². The van der Waals surface area contributed by atoms with Crippen LogP contribution >= 0.6 is 0 Å². The van der Waals surface area contributed by atoms with Gasteiger partial charge in [-0.15, -0.1) is 0 Å². The second-order valence-corrected chi connectivity index (χ2v) is 4.22. The second-order valence-electron chi connectivity index (χ2n) is 4.22. The number of hydrogen-bond donors (Lipinski definition) is 1. The Kier molecular flexibility index (Phi) is 1.74. The van der Waals surface area contributed by atoms with Gasteiger partial charge in [-0.05, 0) is 24.7 Å². The van der Waals surface area contributed by atoms with Crippen LogP contribution in [0, 0.1) is 5.41 Å². The van der Waals surface area contributed by atoms with Gasteiger partial charge in [-0.25, -0.2) is 4.79 Å². The molecule has 2 aliphatic rings. The molecule has 1 aliphatic carbocycles. The molecule has 0 aromatic rings. The SMILES string of the molecule is NC(=O)N1CCC2(CCCC2)C1. The lowest BCUT2D eigenvalue weighted by Crippen LogP contribution is -2.35. The van der Waals surface area contributed by atoms with E-state index in [1.54, 1.807) is 4.90 Å². The molecule has 1 aliphatic heterocycles. The van der Waals surface area contributed by atoms with Gasteiger partial charge < -0.3 is 10.6 Å². The van der Waals surface area contributed by atoms with Gasteiger partial charge in [0.05, 0.1) is 0 Å². The number of nitrogens with two attached hydrogens (primary N) is 1. The predicted octanol–water partition coefficient (Wildman–Crippen LogP) is 1.33. The number of primary amides is 1. The number of hydrogen-bond acceptors (Lipinski definition) is 1. The first-order chi connectivity index (χ1) is 5.72. The van der Waals surface area contributed by atoms with Crippen molar-refractivity contribution < 1.29 is 4.79 Å². The average Bonchev–Trinajstić information content (AvgIpc) is 2.62. The lowest BCUT2D eigenvalue weighted by atomic mass is 9.86. The van der Waals surface area contributed by atoms with Crippen molar-refractivity contribution in [2.24, 2.45) is 11.1 Å². The van der Waals surface area contributed by atoms with E-state index in [2.05, 4.69) is 0 Å². The maximum atomic E-state index is 10.9. The maximum Gasteiger partial charge on any atom is 0.314 e. The molecule has 2 fully saturated rings. The number of carbonyl (C=O) groups is 1. The van der Waals surface area contributed by atoms with Crippen molar-refractivity contribution in [3.8, 4) is 0 Å². The van der Waals surface area contributed by atoms with E-state index in [0.29, 0.717) is 5.41 Å². The van der Waals surface area contributed by atoms with E-state index in [4.69, 9.17) is 5.73 Å². The molecule has 2 amide bonds. The molecule has 2 rings (SSSR count). The molecule has 12 heavy (non-hydrogen) atoms. The molecule has 68 valence electrons. The standard InChI is InChI=1S/C9H16N2O/c10-8(12)11-6-5-9(7-11)3-1-2-4-9/h1-7H2,(H2,10,12). The van der Waals surface area contributed by atoms with Crippen molar-refractivity contribution in [1.82, 2.24) is 4.90 Å². The highest BCUT2D eigenvalue weighted by molar-refractivity contribution is 5.72. The van der Waals surface area contributed by atoms with Crippen LogP contribution in [0.15, 0.2) is 0 Å². The van der Waals surface area contributed by atoms with Crippen molar-refractivity contribution in [3.63, 3.8) is 0 Å². The predicted molar refractivity (Wildman–Crippen MR) is 46.7 cm³/mol. The molecular formula is C9H16N2O. The molecule has 2 N–H and O–H groups in total. The van der Waals surface area contributed by atoms with Crippen LogP contribution in [0.5, 0.6) is 0 Å². The van der Waals surface area contributed by atoms with Gasteiger partial charge in [-0.3, -0.25) is 0 Å². The first-order valence-corrected chi connectivity index (χ1v) is 4.76. The summed E-state index contributed by atoms with van der Waals surface area (Å²) in [5, 5.41) is 0. The number of urea groups is 1. The van der Waals surface area contributed by atoms with Gasteiger partial charge in [0.2, 0.25) is 0 Å². The topological polar surface area (TPSA) is 46.3 Å². The lowest BCUT2D eigenvalue weighted by molar-refractivity contribution is 0.209. The second kappa shape index (κ2) is 2.64. The summed E-state index contributed by atoms with van der Waals surface area (Å²) in [5.41, 5.74) is 5.70. The summed E-state index contributed by atoms with van der Waals surface area (Å²) in [6.07, 6.45) is 6.46. The van der Waals surface area contributed by atoms with Gasteiger partial charge in [0.15, 0.2) is 0 Å². The third kappa shape index (κ3) is 1.17. The Morgan fingerprint density at radius 1 is 1.25 bits per heavy atom. The van der Waals surface area contributed by atoms with Crippen LogP contribution < -0.4 is 5.73 Å². The Morgan fingerprint density at radius 2 is 1.92 bits per heavy atom. The molecule has 3 heteroatoms. The highest BCUT2D eigenvalue weighted by Crippen LogP contribution is 2.45. The van der Waals surface area contributed by atoms with E-state index in [1.807, 2.05) is 0 Å². The summed E-state index contributed by atoms with van der Waals surface area (Å²) in [6, 6.07) is -0.237. The molecule has 1 heterocycles. The molecule has 0 bridgehead atoms. The Balaban J connectivity index is 2.01. The minimum absolute atomic E-state index is 0.237. The van der Waals surface area contributed by atoms with Crippen molar-refractivity contribution in [3.05, 3.63) is 0 Å². The van der Waals surface area contributed by atoms with Gasteiger partial charge in [0.1, 0.15) is 0 Å². The zero-order valence-electron chi connectivity index (χ0n) is 7.38. The fourth-order valence-corrected chi connectivity index (χ4v) is 2.66. The summed E-state index contributed by atoms with van der Waals surface area (Å²) in [5.74, 6) is 0. The van der Waals surface area contributed by atoms with Crippen molar-refractivity contribution in [2.75, 3.05) is 13.1 Å². The molecule has 1 saturated carbocycles. The highest BCUT2D eigenvalue weighted by atomic mass is 16.2. The van der Waals surface area contributed by atoms with Crippen LogP contribution in [0.4, 0.5) is 4.79 Å². The summed E-state index contributed by atoms with van der Waals surface area (Å²) >= 11 is 0. The number of carbonyl (C=O) groups excluding carboxylic acids is 1. The average molecular weight is 168 g/mol. The number of rotatable bonds is 0. The first-order valence-electron chi connectivity index (χ1n) is 4.76. The fraction of sp³-hybridized carbons (Fsp3) is 0.889. The molecular weight excluding hydrogens is 152 g/mol. The van der Waals surface area contributed by atoms with Crippen LogP contribution in [0.1, 0.15) is 32.1 Å². The smallest absolute Gasteiger partial charge is 0.314 e. The largest absolute Gasteiger partial charge is 0.351 e. The summed E-state index contributed by atoms with van der Waals surface area (Å²) in [6.45, 7) is 1.80. The number of amides is 2. The van der Waals surface area contributed by atoms with Crippen molar-refractivity contribution >= 4 is 6.03 Å². The molecule has 0 aromatic heterocycles. The molecule has 0 atom stereocenters. The van der Waals surface area contributed by atoms with Crippen molar-refractivity contribution in [1.29, 1.82) is 0 Å². The van der Waals surface area contributed by atoms with E-state index < -0.39 is 0 Å². The third-order valence-corrected chi connectivity index (χ3v) is 3.41. The van der Waals surface area contributed by atoms with Crippen LogP contribution in [0.3, 0.4) is 0 Å². The van der Waals surface area contributed by atoms with E-state index in [-0.39, 0.29) is 6.03 Å². The summed E-state index contributed by atoms with van der Waals surface area (Å²) in [7, 11) is 0. The minimum atomic E-state index is -0.237. The first kappa shape index (κ1) is 7.90.